The van der Waals surface area contributed by atoms with Gasteiger partial charge in [0.05, 0.1) is 0 Å². The predicted molar refractivity (Wildman–Crippen MR) is 96.9 cm³/mol. The Morgan fingerprint density at radius 2 is 2.21 bits per heavy atom. The van der Waals surface area contributed by atoms with Crippen molar-refractivity contribution in [2.45, 2.75) is 27.2 Å². The summed E-state index contributed by atoms with van der Waals surface area (Å²) in [6.07, 6.45) is 1.08. The molecular formula is C14H26IN3S. The summed E-state index contributed by atoms with van der Waals surface area (Å²) in [4.78, 5) is 8.29. The van der Waals surface area contributed by atoms with Gasteiger partial charge in [-0.25, -0.2) is 0 Å². The average molecular weight is 395 g/mol. The van der Waals surface area contributed by atoms with Gasteiger partial charge in [0.15, 0.2) is 5.96 Å². The number of thiophene rings is 1. The van der Waals surface area contributed by atoms with Gasteiger partial charge in [0, 0.05) is 31.6 Å². The van der Waals surface area contributed by atoms with Crippen LogP contribution in [0.4, 0.5) is 0 Å². The van der Waals surface area contributed by atoms with Crippen LogP contribution in [0.3, 0.4) is 0 Å². The first-order chi connectivity index (χ1) is 8.63. The molecule has 5 heteroatoms. The van der Waals surface area contributed by atoms with Crippen molar-refractivity contribution in [2.75, 3.05) is 26.7 Å². The lowest BCUT2D eigenvalue weighted by molar-refractivity contribution is 0.483. The zero-order valence-electron chi connectivity index (χ0n) is 12.3. The molecule has 0 aliphatic carbocycles. The number of hydrogen-bond donors (Lipinski definition) is 1. The highest BCUT2D eigenvalue weighted by Crippen LogP contribution is 2.09. The summed E-state index contributed by atoms with van der Waals surface area (Å²) in [5, 5.41) is 5.48. The molecule has 0 fully saturated rings. The molecule has 0 atom stereocenters. The fraction of sp³-hybridized carbons (Fsp3) is 0.643. The normalized spacial score (nSPS) is 11.3. The van der Waals surface area contributed by atoms with E-state index in [0.29, 0.717) is 5.92 Å². The van der Waals surface area contributed by atoms with Crippen LogP contribution in [0.2, 0.25) is 0 Å². The van der Waals surface area contributed by atoms with Gasteiger partial charge in [-0.05, 0) is 30.7 Å². The van der Waals surface area contributed by atoms with Crippen molar-refractivity contribution in [2.24, 2.45) is 10.9 Å². The van der Waals surface area contributed by atoms with Crippen LogP contribution in [0.1, 0.15) is 25.6 Å². The number of likely N-dealkylation sites (N-methyl/N-ethyl adjacent to an activating group) is 1. The molecule has 0 aliphatic heterocycles. The molecule has 1 aromatic heterocycles. The van der Waals surface area contributed by atoms with Gasteiger partial charge in [0.2, 0.25) is 0 Å². The Bertz CT molecular complexity index is 350. The van der Waals surface area contributed by atoms with Crippen LogP contribution in [0.5, 0.6) is 0 Å². The first-order valence-electron chi connectivity index (χ1n) is 6.65. The topological polar surface area (TPSA) is 27.6 Å². The van der Waals surface area contributed by atoms with E-state index in [1.54, 1.807) is 0 Å². The molecule has 1 N–H and O–H groups in total. The SMILES string of the molecule is CCNC(=NCC(C)C)N(C)CCc1cccs1.I. The first-order valence-corrected chi connectivity index (χ1v) is 7.53. The van der Waals surface area contributed by atoms with Crippen LogP contribution in [0, 0.1) is 5.92 Å². The highest BCUT2D eigenvalue weighted by molar-refractivity contribution is 14.0. The molecule has 19 heavy (non-hydrogen) atoms. The van der Waals surface area contributed by atoms with Gasteiger partial charge in [0.1, 0.15) is 0 Å². The summed E-state index contributed by atoms with van der Waals surface area (Å²) in [7, 11) is 2.11. The van der Waals surface area contributed by atoms with Crippen molar-refractivity contribution in [1.82, 2.24) is 10.2 Å². The molecular weight excluding hydrogens is 369 g/mol. The van der Waals surface area contributed by atoms with E-state index < -0.39 is 0 Å². The molecule has 0 aliphatic rings. The highest BCUT2D eigenvalue weighted by Gasteiger charge is 2.06. The van der Waals surface area contributed by atoms with Crippen molar-refractivity contribution in [3.05, 3.63) is 22.4 Å². The van der Waals surface area contributed by atoms with Gasteiger partial charge >= 0.3 is 0 Å². The van der Waals surface area contributed by atoms with Gasteiger partial charge in [-0.15, -0.1) is 35.3 Å². The monoisotopic (exact) mass is 395 g/mol. The standard InChI is InChI=1S/C14H25N3S.HI/c1-5-15-14(16-11-12(2)3)17(4)9-8-13-7-6-10-18-13;/h6-7,10,12H,5,8-9,11H2,1-4H3,(H,15,16);1H. The third-order valence-corrected chi connectivity index (χ3v) is 3.51. The van der Waals surface area contributed by atoms with Crippen LogP contribution in [-0.4, -0.2) is 37.5 Å². The number of nitrogens with zero attached hydrogens (tertiary/aromatic N) is 2. The Morgan fingerprint density at radius 3 is 2.74 bits per heavy atom. The molecule has 1 heterocycles. The maximum absolute atomic E-state index is 4.65. The summed E-state index contributed by atoms with van der Waals surface area (Å²) in [5.41, 5.74) is 0. The van der Waals surface area contributed by atoms with Crippen LogP contribution in [0.25, 0.3) is 0 Å². The van der Waals surface area contributed by atoms with Crippen molar-refractivity contribution < 1.29 is 0 Å². The van der Waals surface area contributed by atoms with E-state index in [9.17, 15) is 0 Å². The average Bonchev–Trinajstić information content (AvgIpc) is 2.84. The smallest absolute Gasteiger partial charge is 0.193 e. The Hall–Kier alpha value is -0.300. The minimum atomic E-state index is 0. The Kier molecular flexibility index (Phi) is 10.3. The minimum absolute atomic E-state index is 0. The third kappa shape index (κ3) is 7.77. The van der Waals surface area contributed by atoms with E-state index in [1.807, 2.05) is 11.3 Å². The first kappa shape index (κ1) is 18.7. The molecule has 0 bridgehead atoms. The van der Waals surface area contributed by atoms with Gasteiger partial charge in [-0.3, -0.25) is 4.99 Å². The predicted octanol–water partition coefficient (Wildman–Crippen LogP) is 3.46. The van der Waals surface area contributed by atoms with Gasteiger partial charge in [0.25, 0.3) is 0 Å². The maximum atomic E-state index is 4.65. The van der Waals surface area contributed by atoms with E-state index in [2.05, 4.69) is 60.5 Å². The molecule has 0 saturated heterocycles. The zero-order chi connectivity index (χ0) is 13.4. The van der Waals surface area contributed by atoms with E-state index in [0.717, 1.165) is 32.0 Å². The van der Waals surface area contributed by atoms with Crippen molar-refractivity contribution >= 4 is 41.3 Å². The van der Waals surface area contributed by atoms with Gasteiger partial charge in [-0.2, -0.15) is 0 Å². The number of guanidine groups is 1. The second kappa shape index (κ2) is 10.5. The molecule has 0 saturated carbocycles. The lowest BCUT2D eigenvalue weighted by atomic mass is 10.2. The largest absolute Gasteiger partial charge is 0.357 e. The summed E-state index contributed by atoms with van der Waals surface area (Å²) in [6.45, 7) is 9.30. The highest BCUT2D eigenvalue weighted by atomic mass is 127. The number of nitrogens with one attached hydrogen (secondary N) is 1. The molecule has 0 unspecified atom stereocenters. The van der Waals surface area contributed by atoms with Crippen LogP contribution >= 0.6 is 35.3 Å². The molecule has 1 aromatic rings. The summed E-state index contributed by atoms with van der Waals surface area (Å²) in [5.74, 6) is 1.62. The van der Waals surface area contributed by atoms with Crippen molar-refractivity contribution in [3.63, 3.8) is 0 Å². The molecule has 0 aromatic carbocycles. The molecule has 1 rings (SSSR count). The summed E-state index contributed by atoms with van der Waals surface area (Å²) >= 11 is 1.82. The lowest BCUT2D eigenvalue weighted by Gasteiger charge is -2.22. The number of aliphatic imine (C=N–C) groups is 1. The van der Waals surface area contributed by atoms with E-state index in [1.165, 1.54) is 4.88 Å². The number of halogens is 1. The second-order valence-electron chi connectivity index (χ2n) is 4.84. The second-order valence-corrected chi connectivity index (χ2v) is 5.87. The Morgan fingerprint density at radius 1 is 1.47 bits per heavy atom. The molecule has 0 amide bonds. The van der Waals surface area contributed by atoms with E-state index >= 15 is 0 Å². The summed E-state index contributed by atoms with van der Waals surface area (Å²) in [6, 6.07) is 4.30. The van der Waals surface area contributed by atoms with E-state index in [-0.39, 0.29) is 24.0 Å². The fourth-order valence-electron chi connectivity index (χ4n) is 1.58. The Labute approximate surface area is 138 Å². The van der Waals surface area contributed by atoms with E-state index in [4.69, 9.17) is 0 Å². The molecule has 0 radical (unpaired) electrons. The zero-order valence-corrected chi connectivity index (χ0v) is 15.5. The van der Waals surface area contributed by atoms with Gasteiger partial charge < -0.3 is 10.2 Å². The lowest BCUT2D eigenvalue weighted by Crippen LogP contribution is -2.40. The molecule has 3 nitrogen and oxygen atoms in total. The minimum Gasteiger partial charge on any atom is -0.357 e. The summed E-state index contributed by atoms with van der Waals surface area (Å²) < 4.78 is 0. The third-order valence-electron chi connectivity index (χ3n) is 2.58. The van der Waals surface area contributed by atoms with Crippen LogP contribution in [-0.2, 0) is 6.42 Å². The van der Waals surface area contributed by atoms with Crippen molar-refractivity contribution in [1.29, 1.82) is 0 Å². The number of hydrogen-bond acceptors (Lipinski definition) is 2. The molecule has 0 spiro atoms. The number of rotatable bonds is 6. The van der Waals surface area contributed by atoms with Crippen molar-refractivity contribution in [3.8, 4) is 0 Å². The molecule has 110 valence electrons. The van der Waals surface area contributed by atoms with Crippen LogP contribution < -0.4 is 5.32 Å². The van der Waals surface area contributed by atoms with Crippen LogP contribution in [0.15, 0.2) is 22.5 Å². The van der Waals surface area contributed by atoms with Gasteiger partial charge in [-0.1, -0.05) is 19.9 Å². The maximum Gasteiger partial charge on any atom is 0.193 e. The quantitative estimate of drug-likeness (QED) is 0.454. The Balaban J connectivity index is 0.00000324. The fourth-order valence-corrected chi connectivity index (χ4v) is 2.28.